The van der Waals surface area contributed by atoms with Crippen molar-refractivity contribution < 1.29 is 9.53 Å². The molecule has 1 amide bonds. The molecule has 4 rings (SSSR count). The minimum atomic E-state index is -0.192. The summed E-state index contributed by atoms with van der Waals surface area (Å²) < 4.78 is 5.22. The van der Waals surface area contributed by atoms with Gasteiger partial charge in [-0.2, -0.15) is 0 Å². The number of carbonyl (C=O) groups is 1. The minimum absolute atomic E-state index is 0.0841. The summed E-state index contributed by atoms with van der Waals surface area (Å²) in [6, 6.07) is 7.81. The Morgan fingerprint density at radius 2 is 2.18 bits per heavy atom. The molecule has 2 aromatic heterocycles. The highest BCUT2D eigenvalue weighted by molar-refractivity contribution is 7.12. The van der Waals surface area contributed by atoms with Gasteiger partial charge in [0.2, 0.25) is 5.88 Å². The topological polar surface area (TPSA) is 60.9 Å². The Morgan fingerprint density at radius 3 is 2.89 bits per heavy atom. The van der Waals surface area contributed by atoms with Crippen molar-refractivity contribution in [2.45, 2.75) is 25.0 Å². The molecule has 2 aliphatic rings. The highest BCUT2D eigenvalue weighted by Crippen LogP contribution is 2.26. The third kappa shape index (κ3) is 3.89. The number of pyridine rings is 1. The van der Waals surface area contributed by atoms with Gasteiger partial charge in [-0.3, -0.25) is 9.80 Å². The number of anilines is 1. The van der Waals surface area contributed by atoms with Gasteiger partial charge in [-0.15, -0.1) is 11.3 Å². The molecule has 2 aromatic rings. The van der Waals surface area contributed by atoms with Gasteiger partial charge in [-0.05, 0) is 56.6 Å². The number of methoxy groups -OCH3 is 1. The third-order valence-electron chi connectivity index (χ3n) is 5.24. The average Bonchev–Trinajstić information content (AvgIpc) is 3.42. The summed E-state index contributed by atoms with van der Waals surface area (Å²) in [5, 5.41) is 3.87. The highest BCUT2D eigenvalue weighted by atomic mass is 32.1. The number of aromatic nitrogens is 1. The number of piperidine rings is 1. The summed E-state index contributed by atoms with van der Waals surface area (Å²) in [7, 11) is 3.73. The second-order valence-electron chi connectivity index (χ2n) is 7.07. The van der Waals surface area contributed by atoms with Crippen molar-refractivity contribution in [3.8, 4) is 5.88 Å². The summed E-state index contributed by atoms with van der Waals surface area (Å²) >= 11 is 1.49. The summed E-state index contributed by atoms with van der Waals surface area (Å²) in [6.07, 6.45) is 7.47. The van der Waals surface area contributed by atoms with Gasteiger partial charge in [0.05, 0.1) is 17.7 Å². The lowest BCUT2D eigenvalue weighted by Gasteiger charge is -2.40. The molecule has 4 heterocycles. The van der Waals surface area contributed by atoms with Gasteiger partial charge < -0.3 is 14.5 Å². The van der Waals surface area contributed by atoms with E-state index in [1.807, 2.05) is 51.8 Å². The van der Waals surface area contributed by atoms with Crippen LogP contribution < -0.4 is 15.2 Å². The van der Waals surface area contributed by atoms with Crippen molar-refractivity contribution in [3.05, 3.63) is 53.0 Å². The number of nitrogens with zero attached hydrogens (tertiary/aromatic N) is 4. The van der Waals surface area contributed by atoms with Gasteiger partial charge >= 0.3 is 0 Å². The predicted octanol–water partition coefficient (Wildman–Crippen LogP) is 2.55. The molecule has 148 valence electrons. The van der Waals surface area contributed by atoms with Crippen LogP contribution in [0.4, 0.5) is 5.69 Å². The molecule has 0 bridgehead atoms. The molecule has 1 unspecified atom stereocenters. The van der Waals surface area contributed by atoms with Crippen molar-refractivity contribution in [2.75, 3.05) is 32.3 Å². The number of likely N-dealkylation sites (tertiary alicyclic amines) is 1. The number of ether oxygens (including phenoxy) is 1. The Kier molecular flexibility index (Phi) is 5.61. The fraction of sp³-hybridized carbons (Fsp3) is 0.400. The maximum atomic E-state index is 13.3. The maximum absolute atomic E-state index is 13.3. The first-order valence-corrected chi connectivity index (χ1v) is 10.3. The molecule has 1 atom stereocenters. The summed E-state index contributed by atoms with van der Waals surface area (Å²) in [6.45, 7) is 2.00. The van der Waals surface area contributed by atoms with Crippen molar-refractivity contribution in [1.82, 2.24) is 20.2 Å². The number of hydrogen-bond acceptors (Lipinski definition) is 7. The van der Waals surface area contributed by atoms with E-state index in [0.717, 1.165) is 36.5 Å². The SMILES string of the molecule is COc1cc(N2C=CC(N(C(=O)c3cccs3)C3CCN(C)CC3)N2)ccn1. The molecule has 28 heavy (non-hydrogen) atoms. The van der Waals surface area contributed by atoms with Crippen LogP contribution in [0, 0.1) is 0 Å². The van der Waals surface area contributed by atoms with E-state index in [-0.39, 0.29) is 18.1 Å². The van der Waals surface area contributed by atoms with E-state index in [4.69, 9.17) is 4.74 Å². The smallest absolute Gasteiger partial charge is 0.265 e. The van der Waals surface area contributed by atoms with E-state index in [0.29, 0.717) is 5.88 Å². The molecule has 7 nitrogen and oxygen atoms in total. The lowest BCUT2D eigenvalue weighted by molar-refractivity contribution is 0.0492. The van der Waals surface area contributed by atoms with Gasteiger partial charge in [0, 0.05) is 24.5 Å². The number of hydrazine groups is 1. The van der Waals surface area contributed by atoms with Gasteiger partial charge in [0.25, 0.3) is 5.91 Å². The predicted molar refractivity (Wildman–Crippen MR) is 110 cm³/mol. The first-order chi connectivity index (χ1) is 13.7. The second kappa shape index (κ2) is 8.30. The zero-order valence-electron chi connectivity index (χ0n) is 16.1. The lowest BCUT2D eigenvalue weighted by atomic mass is 10.0. The van der Waals surface area contributed by atoms with E-state index in [1.54, 1.807) is 13.3 Å². The normalized spacial score (nSPS) is 20.5. The summed E-state index contributed by atoms with van der Waals surface area (Å²) in [4.78, 5) is 22.6. The molecule has 0 aliphatic carbocycles. The van der Waals surface area contributed by atoms with E-state index in [2.05, 4.69) is 22.4 Å². The number of hydrogen-bond donors (Lipinski definition) is 1. The largest absolute Gasteiger partial charge is 0.481 e. The van der Waals surface area contributed by atoms with Crippen LogP contribution >= 0.6 is 11.3 Å². The number of thiophene rings is 1. The monoisotopic (exact) mass is 399 g/mol. The second-order valence-corrected chi connectivity index (χ2v) is 8.01. The van der Waals surface area contributed by atoms with Crippen molar-refractivity contribution >= 4 is 22.9 Å². The van der Waals surface area contributed by atoms with Crippen LogP contribution in [0.25, 0.3) is 0 Å². The zero-order valence-corrected chi connectivity index (χ0v) is 16.9. The van der Waals surface area contributed by atoms with E-state index in [1.165, 1.54) is 11.3 Å². The molecule has 0 spiro atoms. The molecule has 0 aromatic carbocycles. The summed E-state index contributed by atoms with van der Waals surface area (Å²) in [5.74, 6) is 0.638. The number of nitrogens with one attached hydrogen (secondary N) is 1. The van der Waals surface area contributed by atoms with Crippen LogP contribution in [0.1, 0.15) is 22.5 Å². The van der Waals surface area contributed by atoms with Crippen LogP contribution in [0.2, 0.25) is 0 Å². The Hall–Kier alpha value is -2.42. The molecule has 1 fully saturated rings. The Bertz CT molecular complexity index is 833. The number of rotatable bonds is 5. The van der Waals surface area contributed by atoms with Crippen LogP contribution in [0.5, 0.6) is 5.88 Å². The number of carbonyl (C=O) groups excluding carboxylic acids is 1. The van der Waals surface area contributed by atoms with Crippen molar-refractivity contribution in [2.24, 2.45) is 0 Å². The van der Waals surface area contributed by atoms with Crippen LogP contribution in [-0.2, 0) is 0 Å². The van der Waals surface area contributed by atoms with Crippen LogP contribution in [0.3, 0.4) is 0 Å². The molecule has 1 N–H and O–H groups in total. The fourth-order valence-corrected chi connectivity index (χ4v) is 4.36. The Labute approximate surface area is 169 Å². The zero-order chi connectivity index (χ0) is 19.5. The molecular weight excluding hydrogens is 374 g/mol. The van der Waals surface area contributed by atoms with Crippen molar-refractivity contribution in [1.29, 1.82) is 0 Å². The highest BCUT2D eigenvalue weighted by Gasteiger charge is 2.35. The van der Waals surface area contributed by atoms with Gasteiger partial charge in [-0.25, -0.2) is 10.4 Å². The van der Waals surface area contributed by atoms with E-state index >= 15 is 0 Å². The molecule has 1 saturated heterocycles. The molecule has 0 saturated carbocycles. The van der Waals surface area contributed by atoms with Gasteiger partial charge in [-0.1, -0.05) is 6.07 Å². The third-order valence-corrected chi connectivity index (χ3v) is 6.10. The molecule has 0 radical (unpaired) electrons. The maximum Gasteiger partial charge on any atom is 0.265 e. The average molecular weight is 400 g/mol. The van der Waals surface area contributed by atoms with Crippen molar-refractivity contribution in [3.63, 3.8) is 0 Å². The molecular formula is C20H25N5O2S. The van der Waals surface area contributed by atoms with E-state index in [9.17, 15) is 4.79 Å². The quantitative estimate of drug-likeness (QED) is 0.834. The lowest BCUT2D eigenvalue weighted by Crippen LogP contribution is -2.56. The Morgan fingerprint density at radius 1 is 1.36 bits per heavy atom. The van der Waals surface area contributed by atoms with Crippen LogP contribution in [-0.4, -0.2) is 60.1 Å². The van der Waals surface area contributed by atoms with E-state index < -0.39 is 0 Å². The first-order valence-electron chi connectivity index (χ1n) is 9.44. The Balaban J connectivity index is 1.55. The van der Waals surface area contributed by atoms with Crippen LogP contribution in [0.15, 0.2) is 48.1 Å². The summed E-state index contributed by atoms with van der Waals surface area (Å²) in [5.41, 5.74) is 4.36. The molecule has 8 heteroatoms. The fourth-order valence-electron chi connectivity index (χ4n) is 3.69. The molecule has 2 aliphatic heterocycles. The minimum Gasteiger partial charge on any atom is -0.481 e. The van der Waals surface area contributed by atoms with Gasteiger partial charge in [0.15, 0.2) is 0 Å². The first kappa shape index (κ1) is 18.9. The van der Waals surface area contributed by atoms with Gasteiger partial charge in [0.1, 0.15) is 6.17 Å². The number of amides is 1. The standard InChI is InChI=1S/C20H25N5O2S/c1-23-10-6-15(7-11-23)25(20(26)17-4-3-13-28-17)18-8-12-24(22-18)16-5-9-21-19(14-16)27-2/h3-5,8-9,12-15,18,22H,6-7,10-11H2,1-2H3.